The van der Waals surface area contributed by atoms with Crippen molar-refractivity contribution in [2.75, 3.05) is 5.73 Å². The van der Waals surface area contributed by atoms with Crippen LogP contribution in [0.5, 0.6) is 5.75 Å². The van der Waals surface area contributed by atoms with Gasteiger partial charge < -0.3 is 10.5 Å². The molecule has 0 saturated heterocycles. The van der Waals surface area contributed by atoms with Gasteiger partial charge in [0.15, 0.2) is 0 Å². The fourth-order valence-corrected chi connectivity index (χ4v) is 1.65. The highest BCUT2D eigenvalue weighted by Crippen LogP contribution is 2.33. The topological polar surface area (TPSA) is 35.2 Å². The molecule has 0 aliphatic rings. The van der Waals surface area contributed by atoms with Crippen LogP contribution in [-0.4, -0.2) is 0 Å². The van der Waals surface area contributed by atoms with Gasteiger partial charge in [-0.3, -0.25) is 0 Å². The molecular weight excluding hydrogens is 274 g/mol. The molecule has 0 unspecified atom stereocenters. The third-order valence-electron chi connectivity index (χ3n) is 2.61. The van der Waals surface area contributed by atoms with Crippen molar-refractivity contribution >= 4 is 5.69 Å². The fraction of sp³-hybridized carbons (Fsp3) is 0.143. The first kappa shape index (κ1) is 14.2. The number of nitrogen functional groups attached to an aromatic ring is 1. The summed E-state index contributed by atoms with van der Waals surface area (Å²) in [5.41, 5.74) is 4.69. The molecule has 2 nitrogen and oxygen atoms in total. The van der Waals surface area contributed by atoms with Crippen LogP contribution in [0.4, 0.5) is 23.2 Å². The van der Waals surface area contributed by atoms with Gasteiger partial charge in [-0.15, -0.1) is 0 Å². The molecule has 0 spiro atoms. The van der Waals surface area contributed by atoms with Crippen molar-refractivity contribution in [2.24, 2.45) is 0 Å². The number of anilines is 1. The molecule has 0 atom stereocenters. The molecule has 0 heterocycles. The Balaban J connectivity index is 2.18. The van der Waals surface area contributed by atoms with Crippen molar-refractivity contribution in [2.45, 2.75) is 12.8 Å². The lowest BCUT2D eigenvalue weighted by Gasteiger charge is -2.12. The van der Waals surface area contributed by atoms with E-state index in [1.165, 1.54) is 24.3 Å². The second kappa shape index (κ2) is 5.40. The zero-order valence-corrected chi connectivity index (χ0v) is 10.2. The Bertz CT molecular complexity index is 610. The molecule has 2 aromatic rings. The Hall–Kier alpha value is -2.24. The zero-order valence-electron chi connectivity index (χ0n) is 10.2. The summed E-state index contributed by atoms with van der Waals surface area (Å²) in [6.45, 7) is -0.173. The van der Waals surface area contributed by atoms with Gasteiger partial charge in [0.25, 0.3) is 0 Å². The average Bonchev–Trinajstić information content (AvgIpc) is 2.36. The van der Waals surface area contributed by atoms with Crippen LogP contribution < -0.4 is 10.5 Å². The number of benzene rings is 2. The summed E-state index contributed by atoms with van der Waals surface area (Å²) < 4.78 is 56.3. The molecule has 6 heteroatoms. The first-order chi connectivity index (χ1) is 9.36. The maximum absolute atomic E-state index is 13.4. The smallest absolute Gasteiger partial charge is 0.416 e. The number of halogens is 4. The minimum atomic E-state index is -4.51. The molecule has 20 heavy (non-hydrogen) atoms. The van der Waals surface area contributed by atoms with E-state index in [4.69, 9.17) is 10.5 Å². The van der Waals surface area contributed by atoms with Crippen LogP contribution in [0.1, 0.15) is 11.1 Å². The van der Waals surface area contributed by atoms with Crippen molar-refractivity contribution in [1.29, 1.82) is 0 Å². The maximum Gasteiger partial charge on any atom is 0.416 e. The lowest BCUT2D eigenvalue weighted by atomic mass is 10.2. The second-order valence-corrected chi connectivity index (χ2v) is 4.17. The summed E-state index contributed by atoms with van der Waals surface area (Å²) in [6, 6.07) is 8.78. The largest absolute Gasteiger partial charge is 0.489 e. The van der Waals surface area contributed by atoms with E-state index in [0.717, 1.165) is 12.1 Å². The molecular formula is C14H11F4NO. The predicted octanol–water partition coefficient (Wildman–Crippen LogP) is 4.01. The lowest BCUT2D eigenvalue weighted by molar-refractivity contribution is -0.137. The number of ether oxygens (including phenoxy) is 1. The molecule has 0 aromatic heterocycles. The van der Waals surface area contributed by atoms with E-state index in [1.807, 2.05) is 0 Å². The quantitative estimate of drug-likeness (QED) is 0.683. The molecule has 2 aromatic carbocycles. The highest BCUT2D eigenvalue weighted by molar-refractivity contribution is 5.48. The fourth-order valence-electron chi connectivity index (χ4n) is 1.65. The van der Waals surface area contributed by atoms with Gasteiger partial charge in [0.1, 0.15) is 18.2 Å². The monoisotopic (exact) mass is 285 g/mol. The molecule has 106 valence electrons. The van der Waals surface area contributed by atoms with Gasteiger partial charge in [-0.25, -0.2) is 4.39 Å². The van der Waals surface area contributed by atoms with E-state index >= 15 is 0 Å². The number of rotatable bonds is 3. The normalized spacial score (nSPS) is 11.4. The Kier molecular flexibility index (Phi) is 3.83. The number of hydrogen-bond acceptors (Lipinski definition) is 2. The second-order valence-electron chi connectivity index (χ2n) is 4.17. The molecule has 2 N–H and O–H groups in total. The number of alkyl halides is 3. The minimum absolute atomic E-state index is 0.0550. The molecule has 0 aliphatic carbocycles. The average molecular weight is 285 g/mol. The summed E-state index contributed by atoms with van der Waals surface area (Å²) >= 11 is 0. The molecule has 0 amide bonds. The first-order valence-corrected chi connectivity index (χ1v) is 5.70. The molecule has 0 radical (unpaired) electrons. The summed E-state index contributed by atoms with van der Waals surface area (Å²) in [5, 5.41) is 0. The Labute approximate surface area is 112 Å². The SMILES string of the molecule is Nc1cc(OCc2ccccc2F)cc(C(F)(F)F)c1. The maximum atomic E-state index is 13.4. The van der Waals surface area contributed by atoms with Gasteiger partial charge in [0, 0.05) is 17.3 Å². The van der Waals surface area contributed by atoms with E-state index in [2.05, 4.69) is 0 Å². The van der Waals surface area contributed by atoms with Crippen molar-refractivity contribution in [3.05, 3.63) is 59.4 Å². The predicted molar refractivity (Wildman–Crippen MR) is 66.6 cm³/mol. The zero-order chi connectivity index (χ0) is 14.8. The Morgan fingerprint density at radius 1 is 1.05 bits per heavy atom. The third-order valence-corrected chi connectivity index (χ3v) is 2.61. The third kappa shape index (κ3) is 3.40. The summed E-state index contributed by atoms with van der Waals surface area (Å²) in [4.78, 5) is 0. The van der Waals surface area contributed by atoms with E-state index < -0.39 is 17.6 Å². The number of hydrogen-bond donors (Lipinski definition) is 1. The highest BCUT2D eigenvalue weighted by atomic mass is 19.4. The van der Waals surface area contributed by atoms with Gasteiger partial charge in [-0.05, 0) is 18.2 Å². The van der Waals surface area contributed by atoms with Gasteiger partial charge in [-0.1, -0.05) is 18.2 Å². The minimum Gasteiger partial charge on any atom is -0.489 e. The van der Waals surface area contributed by atoms with E-state index in [-0.39, 0.29) is 23.6 Å². The van der Waals surface area contributed by atoms with Crippen LogP contribution in [0.2, 0.25) is 0 Å². The van der Waals surface area contributed by atoms with Crippen molar-refractivity contribution < 1.29 is 22.3 Å². The Morgan fingerprint density at radius 3 is 2.40 bits per heavy atom. The molecule has 0 saturated carbocycles. The van der Waals surface area contributed by atoms with Gasteiger partial charge in [0.2, 0.25) is 0 Å². The molecule has 0 aliphatic heterocycles. The molecule has 2 rings (SSSR count). The van der Waals surface area contributed by atoms with Crippen LogP contribution in [0.25, 0.3) is 0 Å². The first-order valence-electron chi connectivity index (χ1n) is 5.70. The van der Waals surface area contributed by atoms with Crippen molar-refractivity contribution in [1.82, 2.24) is 0 Å². The molecule has 0 fully saturated rings. The van der Waals surface area contributed by atoms with Crippen LogP contribution in [-0.2, 0) is 12.8 Å². The standard InChI is InChI=1S/C14H11F4NO/c15-13-4-2-1-3-9(13)8-20-12-6-10(14(16,17)18)5-11(19)7-12/h1-7H,8,19H2. The lowest BCUT2D eigenvalue weighted by Crippen LogP contribution is -2.07. The summed E-state index contributed by atoms with van der Waals surface area (Å²) in [6.07, 6.45) is -4.51. The van der Waals surface area contributed by atoms with Crippen LogP contribution in [0.15, 0.2) is 42.5 Å². The van der Waals surface area contributed by atoms with Crippen LogP contribution in [0, 0.1) is 5.82 Å². The van der Waals surface area contributed by atoms with Gasteiger partial charge >= 0.3 is 6.18 Å². The van der Waals surface area contributed by atoms with E-state index in [0.29, 0.717) is 0 Å². The van der Waals surface area contributed by atoms with Gasteiger partial charge in [-0.2, -0.15) is 13.2 Å². The van der Waals surface area contributed by atoms with E-state index in [1.54, 1.807) is 6.07 Å². The Morgan fingerprint density at radius 2 is 1.75 bits per heavy atom. The van der Waals surface area contributed by atoms with Crippen LogP contribution >= 0.6 is 0 Å². The van der Waals surface area contributed by atoms with Crippen molar-refractivity contribution in [3.8, 4) is 5.75 Å². The van der Waals surface area contributed by atoms with Crippen molar-refractivity contribution in [3.63, 3.8) is 0 Å². The summed E-state index contributed by atoms with van der Waals surface area (Å²) in [5.74, 6) is -0.534. The highest BCUT2D eigenvalue weighted by Gasteiger charge is 2.31. The number of nitrogens with two attached hydrogens (primary N) is 1. The summed E-state index contributed by atoms with van der Waals surface area (Å²) in [7, 11) is 0. The van der Waals surface area contributed by atoms with E-state index in [9.17, 15) is 17.6 Å². The van der Waals surface area contributed by atoms with Gasteiger partial charge in [0.05, 0.1) is 5.56 Å². The molecule has 0 bridgehead atoms. The van der Waals surface area contributed by atoms with Crippen LogP contribution in [0.3, 0.4) is 0 Å².